The Kier molecular flexibility index (Phi) is 3.35. The van der Waals surface area contributed by atoms with Crippen molar-refractivity contribution in [3.63, 3.8) is 0 Å². The summed E-state index contributed by atoms with van der Waals surface area (Å²) in [5, 5.41) is 16.5. The van der Waals surface area contributed by atoms with Crippen molar-refractivity contribution >= 4 is 17.4 Å². The maximum absolute atomic E-state index is 12.0. The zero-order chi connectivity index (χ0) is 13.1. The van der Waals surface area contributed by atoms with E-state index in [4.69, 9.17) is 16.9 Å². The number of ketones is 1. The predicted octanol–water partition coefficient (Wildman–Crippen LogP) is 1.16. The summed E-state index contributed by atoms with van der Waals surface area (Å²) in [5.74, 6) is -0.179. The second-order valence-electron chi connectivity index (χ2n) is 3.62. The molecule has 0 aliphatic carbocycles. The smallest absolute Gasteiger partial charge is 0.186 e. The van der Waals surface area contributed by atoms with Crippen molar-refractivity contribution < 1.29 is 4.79 Å². The first-order chi connectivity index (χ1) is 8.61. The van der Waals surface area contributed by atoms with Gasteiger partial charge in [0.15, 0.2) is 5.78 Å². The van der Waals surface area contributed by atoms with Gasteiger partial charge < -0.3 is 0 Å². The lowest BCUT2D eigenvalue weighted by Crippen LogP contribution is -2.10. The van der Waals surface area contributed by atoms with Crippen LogP contribution in [0.1, 0.15) is 21.6 Å². The maximum atomic E-state index is 12.0. The molecule has 0 N–H and O–H groups in total. The highest BCUT2D eigenvalue weighted by atomic mass is 35.5. The monoisotopic (exact) mass is 261 g/mol. The molecule has 0 spiro atoms. The lowest BCUT2D eigenvalue weighted by atomic mass is 10.0. The third kappa shape index (κ3) is 2.36. The number of rotatable bonds is 3. The van der Waals surface area contributed by atoms with E-state index in [1.807, 2.05) is 6.07 Å². The van der Waals surface area contributed by atoms with Crippen molar-refractivity contribution in [1.82, 2.24) is 20.0 Å². The van der Waals surface area contributed by atoms with Crippen LogP contribution in [0.3, 0.4) is 0 Å². The van der Waals surface area contributed by atoms with Crippen molar-refractivity contribution in [3.8, 4) is 6.07 Å². The highest BCUT2D eigenvalue weighted by Crippen LogP contribution is 2.15. The van der Waals surface area contributed by atoms with Gasteiger partial charge in [-0.1, -0.05) is 16.8 Å². The number of aromatic nitrogens is 4. The second kappa shape index (κ2) is 4.94. The van der Waals surface area contributed by atoms with Crippen molar-refractivity contribution in [2.75, 3.05) is 0 Å². The standard InChI is InChI=1S/C11H8ClN5O/c1-17-9(6-15-16-17)10(18)2-7-3-11(12)14-5-8(7)4-13/h3,5-6H,2H2,1H3. The van der Waals surface area contributed by atoms with Crippen LogP contribution in [0, 0.1) is 11.3 Å². The summed E-state index contributed by atoms with van der Waals surface area (Å²) in [5.41, 5.74) is 1.26. The maximum Gasteiger partial charge on any atom is 0.186 e. The molecule has 0 radical (unpaired) electrons. The van der Waals surface area contributed by atoms with Crippen molar-refractivity contribution in [3.05, 3.63) is 40.4 Å². The quantitative estimate of drug-likeness (QED) is 0.611. The van der Waals surface area contributed by atoms with E-state index in [0.717, 1.165) is 0 Å². The molecule has 0 aliphatic rings. The molecule has 0 bridgehead atoms. The van der Waals surface area contributed by atoms with E-state index in [9.17, 15) is 4.79 Å². The first-order valence-corrected chi connectivity index (χ1v) is 5.42. The molecule has 0 atom stereocenters. The highest BCUT2D eigenvalue weighted by Gasteiger charge is 2.14. The van der Waals surface area contributed by atoms with Gasteiger partial charge in [0.2, 0.25) is 0 Å². The number of carbonyl (C=O) groups is 1. The minimum atomic E-state index is -0.179. The molecule has 2 aromatic heterocycles. The minimum absolute atomic E-state index is 0.0619. The Bertz CT molecular complexity index is 643. The number of hydrogen-bond acceptors (Lipinski definition) is 5. The predicted molar refractivity (Wildman–Crippen MR) is 63.0 cm³/mol. The summed E-state index contributed by atoms with van der Waals surface area (Å²) in [7, 11) is 1.63. The van der Waals surface area contributed by atoms with E-state index >= 15 is 0 Å². The molecular weight excluding hydrogens is 254 g/mol. The zero-order valence-corrected chi connectivity index (χ0v) is 10.2. The van der Waals surface area contributed by atoms with E-state index in [2.05, 4.69) is 15.3 Å². The summed E-state index contributed by atoms with van der Waals surface area (Å²) in [4.78, 5) is 15.8. The third-order valence-corrected chi connectivity index (χ3v) is 2.63. The SMILES string of the molecule is Cn1nncc1C(=O)Cc1cc(Cl)ncc1C#N. The van der Waals surface area contributed by atoms with Crippen LogP contribution in [0.2, 0.25) is 5.15 Å². The van der Waals surface area contributed by atoms with Crippen LogP contribution in [0.15, 0.2) is 18.5 Å². The topological polar surface area (TPSA) is 84.5 Å². The molecule has 0 unspecified atom stereocenters. The van der Waals surface area contributed by atoms with Gasteiger partial charge in [-0.25, -0.2) is 9.67 Å². The van der Waals surface area contributed by atoms with E-state index in [1.54, 1.807) is 7.05 Å². The van der Waals surface area contributed by atoms with Gasteiger partial charge in [0.1, 0.15) is 16.9 Å². The van der Waals surface area contributed by atoms with E-state index in [0.29, 0.717) is 16.8 Å². The molecule has 18 heavy (non-hydrogen) atoms. The normalized spacial score (nSPS) is 10.1. The largest absolute Gasteiger partial charge is 0.292 e. The third-order valence-electron chi connectivity index (χ3n) is 2.43. The summed E-state index contributed by atoms with van der Waals surface area (Å²) in [6.45, 7) is 0. The van der Waals surface area contributed by atoms with Crippen molar-refractivity contribution in [2.24, 2.45) is 7.05 Å². The molecule has 0 saturated carbocycles. The average Bonchev–Trinajstić information content (AvgIpc) is 2.76. The van der Waals surface area contributed by atoms with Crippen LogP contribution in [-0.4, -0.2) is 25.8 Å². The van der Waals surface area contributed by atoms with Gasteiger partial charge >= 0.3 is 0 Å². The number of nitrogens with zero attached hydrogens (tertiary/aromatic N) is 5. The highest BCUT2D eigenvalue weighted by molar-refractivity contribution is 6.29. The number of halogens is 1. The Hall–Kier alpha value is -2.26. The van der Waals surface area contributed by atoms with Crippen molar-refractivity contribution in [2.45, 2.75) is 6.42 Å². The Morgan fingerprint density at radius 3 is 2.94 bits per heavy atom. The summed E-state index contributed by atoms with van der Waals surface area (Å²) in [6, 6.07) is 3.49. The van der Waals surface area contributed by atoms with Gasteiger partial charge in [-0.05, 0) is 11.6 Å². The van der Waals surface area contributed by atoms with Crippen LogP contribution >= 0.6 is 11.6 Å². The van der Waals surface area contributed by atoms with Crippen LogP contribution in [0.5, 0.6) is 0 Å². The molecule has 0 amide bonds. The number of hydrogen-bond donors (Lipinski definition) is 0. The Labute approximate surface area is 108 Å². The lowest BCUT2D eigenvalue weighted by molar-refractivity contribution is 0.0984. The number of carbonyl (C=O) groups excluding carboxylic acids is 1. The molecule has 0 aromatic carbocycles. The summed E-state index contributed by atoms with van der Waals surface area (Å²) in [6.07, 6.45) is 2.80. The average molecular weight is 262 g/mol. The van der Waals surface area contributed by atoms with Gasteiger partial charge in [0.25, 0.3) is 0 Å². The van der Waals surface area contributed by atoms with Gasteiger partial charge in [-0.3, -0.25) is 4.79 Å². The van der Waals surface area contributed by atoms with Gasteiger partial charge in [0, 0.05) is 19.7 Å². The van der Waals surface area contributed by atoms with Gasteiger partial charge in [-0.15, -0.1) is 5.10 Å². The molecule has 0 aliphatic heterocycles. The number of aryl methyl sites for hydroxylation is 1. The number of pyridine rings is 1. The van der Waals surface area contributed by atoms with Crippen LogP contribution < -0.4 is 0 Å². The van der Waals surface area contributed by atoms with Crippen LogP contribution in [0.4, 0.5) is 0 Å². The van der Waals surface area contributed by atoms with E-state index in [-0.39, 0.29) is 17.4 Å². The Morgan fingerprint density at radius 2 is 2.33 bits per heavy atom. The molecule has 2 aromatic rings. The molecule has 2 rings (SSSR count). The first kappa shape index (κ1) is 12.2. The molecular formula is C11H8ClN5O. The first-order valence-electron chi connectivity index (χ1n) is 5.04. The van der Waals surface area contributed by atoms with Gasteiger partial charge in [-0.2, -0.15) is 5.26 Å². The van der Waals surface area contributed by atoms with E-state index in [1.165, 1.54) is 23.1 Å². The Balaban J connectivity index is 2.30. The number of Topliss-reactive ketones (excluding diaryl/α,β-unsaturated/α-hetero) is 1. The fraction of sp³-hybridized carbons (Fsp3) is 0.182. The zero-order valence-electron chi connectivity index (χ0n) is 9.46. The molecule has 7 heteroatoms. The Morgan fingerprint density at radius 1 is 1.56 bits per heavy atom. The lowest BCUT2D eigenvalue weighted by Gasteiger charge is -2.03. The number of nitriles is 1. The minimum Gasteiger partial charge on any atom is -0.292 e. The second-order valence-corrected chi connectivity index (χ2v) is 4.01. The fourth-order valence-corrected chi connectivity index (χ4v) is 1.70. The summed E-state index contributed by atoms with van der Waals surface area (Å²) < 4.78 is 1.39. The van der Waals surface area contributed by atoms with Crippen LogP contribution in [-0.2, 0) is 13.5 Å². The molecule has 0 fully saturated rings. The van der Waals surface area contributed by atoms with Gasteiger partial charge in [0.05, 0.1) is 11.8 Å². The van der Waals surface area contributed by atoms with E-state index < -0.39 is 0 Å². The van der Waals surface area contributed by atoms with Crippen LogP contribution in [0.25, 0.3) is 0 Å². The fourth-order valence-electron chi connectivity index (χ4n) is 1.52. The molecule has 90 valence electrons. The molecule has 0 saturated heterocycles. The molecule has 6 nitrogen and oxygen atoms in total. The summed E-state index contributed by atoms with van der Waals surface area (Å²) >= 11 is 5.75. The molecule has 2 heterocycles. The van der Waals surface area contributed by atoms with Crippen molar-refractivity contribution in [1.29, 1.82) is 5.26 Å².